The zero-order valence-electron chi connectivity index (χ0n) is 26.3. The van der Waals surface area contributed by atoms with Gasteiger partial charge in [-0.3, -0.25) is 0 Å². The second-order valence-corrected chi connectivity index (χ2v) is 16.0. The summed E-state index contributed by atoms with van der Waals surface area (Å²) < 4.78 is 0. The lowest BCUT2D eigenvalue weighted by atomic mass is 9.68. The Morgan fingerprint density at radius 3 is 1.11 bits per heavy atom. The largest absolute Gasteiger partial charge is 0.507 e. The fourth-order valence-corrected chi connectivity index (χ4v) is 6.19. The van der Waals surface area contributed by atoms with Crippen molar-refractivity contribution in [3.63, 3.8) is 0 Å². The van der Waals surface area contributed by atoms with Gasteiger partial charge in [-0.2, -0.15) is 0 Å². The van der Waals surface area contributed by atoms with E-state index in [1.807, 2.05) is 0 Å². The molecule has 0 unspecified atom stereocenters. The Hall–Kier alpha value is -1.96. The molecule has 0 saturated heterocycles. The van der Waals surface area contributed by atoms with Crippen LogP contribution in [0.4, 0.5) is 0 Å². The fourth-order valence-electron chi connectivity index (χ4n) is 6.19. The van der Waals surface area contributed by atoms with Crippen molar-refractivity contribution in [3.8, 4) is 22.6 Å². The van der Waals surface area contributed by atoms with E-state index >= 15 is 0 Å². The smallest absolute Gasteiger partial charge is 0.127 e. The minimum absolute atomic E-state index is 0.105. The molecule has 0 saturated carbocycles. The van der Waals surface area contributed by atoms with Gasteiger partial charge in [0, 0.05) is 22.3 Å². The van der Waals surface area contributed by atoms with Crippen molar-refractivity contribution >= 4 is 0 Å². The standard InChI is InChI=1S/C34H54O2/c1-20-22(31(6,7)8)17-24(32(9,10)11)28(35)26(20)27-21(2)23(34(15,16)19-30(3,4)5)18-25(29(27)36)33(12,13)14/h17-18,35-36H,19H2,1-16H3. The van der Waals surface area contributed by atoms with E-state index in [-0.39, 0.29) is 32.8 Å². The highest BCUT2D eigenvalue weighted by Crippen LogP contribution is 2.52. The van der Waals surface area contributed by atoms with Crippen LogP contribution in [0.2, 0.25) is 0 Å². The van der Waals surface area contributed by atoms with Crippen LogP contribution in [0.5, 0.6) is 11.5 Å². The number of hydrogen-bond acceptors (Lipinski definition) is 2. The summed E-state index contributed by atoms with van der Waals surface area (Å²) >= 11 is 0. The number of rotatable bonds is 3. The van der Waals surface area contributed by atoms with Gasteiger partial charge in [0.1, 0.15) is 11.5 Å². The average Bonchev–Trinajstić information content (AvgIpc) is 2.58. The van der Waals surface area contributed by atoms with Crippen LogP contribution in [0.1, 0.15) is 137 Å². The predicted molar refractivity (Wildman–Crippen MR) is 158 cm³/mol. The molecule has 2 N–H and O–H groups in total. The molecule has 2 aromatic carbocycles. The molecule has 0 aliphatic carbocycles. The van der Waals surface area contributed by atoms with Gasteiger partial charge in [0.15, 0.2) is 0 Å². The van der Waals surface area contributed by atoms with Crippen LogP contribution in [-0.4, -0.2) is 10.2 Å². The van der Waals surface area contributed by atoms with E-state index in [4.69, 9.17) is 0 Å². The summed E-state index contributed by atoms with van der Waals surface area (Å²) in [6.07, 6.45) is 1.01. The van der Waals surface area contributed by atoms with Gasteiger partial charge in [-0.25, -0.2) is 0 Å². The molecule has 2 nitrogen and oxygen atoms in total. The van der Waals surface area contributed by atoms with Crippen molar-refractivity contribution < 1.29 is 10.2 Å². The molecule has 0 aromatic heterocycles. The molecule has 36 heavy (non-hydrogen) atoms. The van der Waals surface area contributed by atoms with E-state index < -0.39 is 0 Å². The fraction of sp³-hybridized carbons (Fsp3) is 0.647. The minimum Gasteiger partial charge on any atom is -0.507 e. The maximum absolute atomic E-state index is 11.9. The molecule has 202 valence electrons. The van der Waals surface area contributed by atoms with Crippen molar-refractivity contribution in [1.82, 2.24) is 0 Å². The highest BCUT2D eigenvalue weighted by atomic mass is 16.3. The van der Waals surface area contributed by atoms with Crippen LogP contribution in [-0.2, 0) is 21.7 Å². The van der Waals surface area contributed by atoms with Crippen molar-refractivity contribution in [3.05, 3.63) is 45.5 Å². The molecule has 0 amide bonds. The number of aromatic hydroxyl groups is 2. The summed E-state index contributed by atoms with van der Waals surface area (Å²) in [5.74, 6) is 0.580. The second kappa shape index (κ2) is 9.10. The molecule has 0 heterocycles. The quantitative estimate of drug-likeness (QED) is 0.445. The van der Waals surface area contributed by atoms with Crippen LogP contribution in [0.25, 0.3) is 11.1 Å². The first-order valence-corrected chi connectivity index (χ1v) is 13.6. The molecular formula is C34H54O2. The highest BCUT2D eigenvalue weighted by Gasteiger charge is 2.36. The Bertz CT molecular complexity index is 1100. The molecule has 0 aliphatic heterocycles. The van der Waals surface area contributed by atoms with Gasteiger partial charge < -0.3 is 10.2 Å². The molecule has 2 rings (SSSR count). The monoisotopic (exact) mass is 494 g/mol. The van der Waals surface area contributed by atoms with Crippen LogP contribution >= 0.6 is 0 Å². The Morgan fingerprint density at radius 2 is 0.806 bits per heavy atom. The van der Waals surface area contributed by atoms with Gasteiger partial charge in [-0.05, 0) is 69.6 Å². The third kappa shape index (κ3) is 5.95. The minimum atomic E-state index is -0.253. The molecular weight excluding hydrogens is 440 g/mol. The van der Waals surface area contributed by atoms with Crippen molar-refractivity contribution in [1.29, 1.82) is 0 Å². The Morgan fingerprint density at radius 1 is 0.500 bits per heavy atom. The van der Waals surface area contributed by atoms with Gasteiger partial charge in [0.2, 0.25) is 0 Å². The number of phenols is 2. The maximum Gasteiger partial charge on any atom is 0.127 e. The van der Waals surface area contributed by atoms with E-state index in [0.29, 0.717) is 5.75 Å². The van der Waals surface area contributed by atoms with E-state index in [1.54, 1.807) is 0 Å². The maximum atomic E-state index is 11.9. The van der Waals surface area contributed by atoms with E-state index in [1.165, 1.54) is 11.1 Å². The Kier molecular flexibility index (Phi) is 7.65. The lowest BCUT2D eigenvalue weighted by Gasteiger charge is -2.37. The lowest BCUT2D eigenvalue weighted by molar-refractivity contribution is 0.283. The number of phenolic OH excluding ortho intramolecular Hbond substituents is 2. The molecule has 0 aliphatic rings. The summed E-state index contributed by atoms with van der Waals surface area (Å²) in [6, 6.07) is 4.41. The summed E-state index contributed by atoms with van der Waals surface area (Å²) in [5.41, 5.74) is 7.39. The van der Waals surface area contributed by atoms with Gasteiger partial charge in [-0.15, -0.1) is 0 Å². The summed E-state index contributed by atoms with van der Waals surface area (Å²) in [5, 5.41) is 23.8. The van der Waals surface area contributed by atoms with E-state index in [0.717, 1.165) is 39.8 Å². The molecule has 0 fully saturated rings. The zero-order chi connectivity index (χ0) is 28.4. The highest BCUT2D eigenvalue weighted by molar-refractivity contribution is 5.85. The molecule has 2 aromatic rings. The molecule has 0 atom stereocenters. The zero-order valence-corrected chi connectivity index (χ0v) is 26.3. The summed E-state index contributed by atoms with van der Waals surface area (Å²) in [6.45, 7) is 35.3. The Labute approximate surface area is 222 Å². The SMILES string of the molecule is Cc1c(C(C)(C)C)cc(C(C)(C)C)c(O)c1-c1c(C)c(C(C)(C)CC(C)(C)C)cc(C(C)(C)C)c1O. The van der Waals surface area contributed by atoms with Crippen molar-refractivity contribution in [2.45, 2.75) is 139 Å². The first-order chi connectivity index (χ1) is 15.8. The van der Waals surface area contributed by atoms with Crippen LogP contribution in [0.3, 0.4) is 0 Å². The van der Waals surface area contributed by atoms with E-state index in [9.17, 15) is 10.2 Å². The van der Waals surface area contributed by atoms with Crippen LogP contribution in [0.15, 0.2) is 12.1 Å². The van der Waals surface area contributed by atoms with Crippen LogP contribution in [0, 0.1) is 19.3 Å². The summed E-state index contributed by atoms with van der Waals surface area (Å²) in [4.78, 5) is 0. The van der Waals surface area contributed by atoms with Gasteiger partial charge in [-0.1, -0.05) is 109 Å². The summed E-state index contributed by atoms with van der Waals surface area (Å²) in [7, 11) is 0. The lowest BCUT2D eigenvalue weighted by Crippen LogP contribution is -2.27. The first kappa shape index (κ1) is 30.3. The van der Waals surface area contributed by atoms with Crippen molar-refractivity contribution in [2.24, 2.45) is 5.41 Å². The first-order valence-electron chi connectivity index (χ1n) is 13.6. The third-order valence-corrected chi connectivity index (χ3v) is 7.49. The number of hydrogen-bond donors (Lipinski definition) is 2. The molecule has 0 radical (unpaired) electrons. The second-order valence-electron chi connectivity index (χ2n) is 16.0. The average molecular weight is 495 g/mol. The van der Waals surface area contributed by atoms with Crippen LogP contribution < -0.4 is 0 Å². The van der Waals surface area contributed by atoms with Gasteiger partial charge in [0.05, 0.1) is 0 Å². The molecule has 2 heteroatoms. The normalized spacial score (nSPS) is 13.9. The number of benzene rings is 2. The topological polar surface area (TPSA) is 40.5 Å². The molecule has 0 bridgehead atoms. The molecule has 0 spiro atoms. The predicted octanol–water partition coefficient (Wildman–Crippen LogP) is 9.99. The van der Waals surface area contributed by atoms with Gasteiger partial charge >= 0.3 is 0 Å². The Balaban J connectivity index is 3.21. The van der Waals surface area contributed by atoms with Crippen molar-refractivity contribution in [2.75, 3.05) is 0 Å². The third-order valence-electron chi connectivity index (χ3n) is 7.49. The van der Waals surface area contributed by atoms with E-state index in [2.05, 4.69) is 123 Å². The van der Waals surface area contributed by atoms with Gasteiger partial charge in [0.25, 0.3) is 0 Å².